The van der Waals surface area contributed by atoms with Gasteiger partial charge in [-0.25, -0.2) is 4.98 Å². The summed E-state index contributed by atoms with van der Waals surface area (Å²) in [6.07, 6.45) is 1.66. The van der Waals surface area contributed by atoms with E-state index in [2.05, 4.69) is 9.88 Å². The molecule has 4 nitrogen and oxygen atoms in total. The molecule has 1 aromatic heterocycles. The van der Waals surface area contributed by atoms with Crippen LogP contribution in [0.2, 0.25) is 5.15 Å². The van der Waals surface area contributed by atoms with Crippen molar-refractivity contribution < 1.29 is 4.79 Å². The van der Waals surface area contributed by atoms with E-state index in [1.165, 1.54) is 0 Å². The maximum absolute atomic E-state index is 11.6. The molecule has 0 N–H and O–H groups in total. The fourth-order valence-corrected chi connectivity index (χ4v) is 2.81. The van der Waals surface area contributed by atoms with E-state index in [1.54, 1.807) is 6.07 Å². The summed E-state index contributed by atoms with van der Waals surface area (Å²) in [6.45, 7) is 2.52. The molecule has 0 spiro atoms. The van der Waals surface area contributed by atoms with Crippen molar-refractivity contribution in [1.29, 1.82) is 0 Å². The van der Waals surface area contributed by atoms with Gasteiger partial charge in [-0.05, 0) is 18.6 Å². The molecule has 90 valence electrons. The van der Waals surface area contributed by atoms with Crippen LogP contribution in [0.4, 0.5) is 5.82 Å². The molecule has 0 radical (unpaired) electrons. The summed E-state index contributed by atoms with van der Waals surface area (Å²) in [5.74, 6) is 1.21. The van der Waals surface area contributed by atoms with E-state index in [0.717, 1.165) is 31.9 Å². The molecule has 3 rings (SSSR count). The molecule has 5 heteroatoms. The minimum atomic E-state index is 0.300. The summed E-state index contributed by atoms with van der Waals surface area (Å²) < 4.78 is 0. The largest absolute Gasteiger partial charge is 0.353 e. The number of carbonyl (C=O) groups excluding carboxylic acids is 1. The summed E-state index contributed by atoms with van der Waals surface area (Å²) in [6, 6.07) is 6.02. The van der Waals surface area contributed by atoms with Crippen molar-refractivity contribution in [3.63, 3.8) is 0 Å². The van der Waals surface area contributed by atoms with Crippen LogP contribution in [-0.2, 0) is 4.79 Å². The first-order valence-corrected chi connectivity index (χ1v) is 6.29. The molecule has 2 aliphatic heterocycles. The van der Waals surface area contributed by atoms with Gasteiger partial charge >= 0.3 is 0 Å². The molecule has 1 unspecified atom stereocenters. The highest BCUT2D eigenvalue weighted by atomic mass is 35.5. The SMILES string of the molecule is O=C1CCC2CN(c3cccc(Cl)n3)CCN12. The summed E-state index contributed by atoms with van der Waals surface area (Å²) >= 11 is 5.90. The van der Waals surface area contributed by atoms with Crippen LogP contribution >= 0.6 is 11.6 Å². The lowest BCUT2D eigenvalue weighted by molar-refractivity contribution is -0.129. The van der Waals surface area contributed by atoms with Gasteiger partial charge in [-0.1, -0.05) is 17.7 Å². The van der Waals surface area contributed by atoms with Gasteiger partial charge < -0.3 is 9.80 Å². The molecule has 0 aliphatic carbocycles. The van der Waals surface area contributed by atoms with E-state index < -0.39 is 0 Å². The maximum atomic E-state index is 11.6. The smallest absolute Gasteiger partial charge is 0.223 e. The van der Waals surface area contributed by atoms with Crippen LogP contribution in [0.1, 0.15) is 12.8 Å². The number of halogens is 1. The van der Waals surface area contributed by atoms with Crippen LogP contribution in [-0.4, -0.2) is 41.5 Å². The average Bonchev–Trinajstić information content (AvgIpc) is 2.71. The molecular weight excluding hydrogens is 238 g/mol. The van der Waals surface area contributed by atoms with Gasteiger partial charge in [-0.2, -0.15) is 0 Å². The number of piperazine rings is 1. The lowest BCUT2D eigenvalue weighted by Crippen LogP contribution is -2.51. The van der Waals surface area contributed by atoms with Crippen molar-refractivity contribution in [2.75, 3.05) is 24.5 Å². The fourth-order valence-electron chi connectivity index (χ4n) is 2.65. The Kier molecular flexibility index (Phi) is 2.67. The van der Waals surface area contributed by atoms with E-state index in [4.69, 9.17) is 11.6 Å². The van der Waals surface area contributed by atoms with Crippen LogP contribution in [0.15, 0.2) is 18.2 Å². The Morgan fingerprint density at radius 1 is 1.35 bits per heavy atom. The fraction of sp³-hybridized carbons (Fsp3) is 0.500. The van der Waals surface area contributed by atoms with Gasteiger partial charge in [0.1, 0.15) is 11.0 Å². The van der Waals surface area contributed by atoms with E-state index in [0.29, 0.717) is 23.5 Å². The summed E-state index contributed by atoms with van der Waals surface area (Å²) in [5.41, 5.74) is 0. The molecule has 2 fully saturated rings. The van der Waals surface area contributed by atoms with Crippen molar-refractivity contribution in [3.05, 3.63) is 23.4 Å². The lowest BCUT2D eigenvalue weighted by atomic mass is 10.1. The van der Waals surface area contributed by atoms with Crippen LogP contribution in [0.5, 0.6) is 0 Å². The number of carbonyl (C=O) groups is 1. The van der Waals surface area contributed by atoms with Crippen LogP contribution < -0.4 is 4.90 Å². The molecule has 1 atom stereocenters. The number of hydrogen-bond donors (Lipinski definition) is 0. The number of nitrogens with zero attached hydrogens (tertiary/aromatic N) is 3. The van der Waals surface area contributed by atoms with Crippen molar-refractivity contribution >= 4 is 23.3 Å². The Morgan fingerprint density at radius 2 is 2.24 bits per heavy atom. The van der Waals surface area contributed by atoms with Gasteiger partial charge in [0.15, 0.2) is 0 Å². The molecule has 1 amide bonds. The van der Waals surface area contributed by atoms with Crippen molar-refractivity contribution in [2.45, 2.75) is 18.9 Å². The van der Waals surface area contributed by atoms with Gasteiger partial charge in [-0.15, -0.1) is 0 Å². The Labute approximate surface area is 105 Å². The number of fused-ring (bicyclic) bond motifs is 1. The van der Waals surface area contributed by atoms with Gasteiger partial charge in [-0.3, -0.25) is 4.79 Å². The third-order valence-electron chi connectivity index (χ3n) is 3.52. The minimum Gasteiger partial charge on any atom is -0.353 e. The highest BCUT2D eigenvalue weighted by Crippen LogP contribution is 2.25. The summed E-state index contributed by atoms with van der Waals surface area (Å²) in [7, 11) is 0. The lowest BCUT2D eigenvalue weighted by Gasteiger charge is -2.38. The second-order valence-corrected chi connectivity index (χ2v) is 4.93. The Hall–Kier alpha value is -1.29. The minimum absolute atomic E-state index is 0.300. The van der Waals surface area contributed by atoms with Gasteiger partial charge in [0.25, 0.3) is 0 Å². The number of rotatable bonds is 1. The zero-order valence-corrected chi connectivity index (χ0v) is 10.2. The Bertz CT molecular complexity index is 451. The molecule has 2 saturated heterocycles. The Balaban J connectivity index is 1.77. The maximum Gasteiger partial charge on any atom is 0.223 e. The molecule has 2 aliphatic rings. The quantitative estimate of drug-likeness (QED) is 0.711. The first-order chi connectivity index (χ1) is 8.24. The number of anilines is 1. The molecule has 17 heavy (non-hydrogen) atoms. The Morgan fingerprint density at radius 3 is 3.06 bits per heavy atom. The van der Waals surface area contributed by atoms with E-state index in [1.807, 2.05) is 17.0 Å². The second kappa shape index (κ2) is 4.18. The first kappa shape index (κ1) is 10.8. The predicted molar refractivity (Wildman–Crippen MR) is 66.2 cm³/mol. The topological polar surface area (TPSA) is 36.4 Å². The third-order valence-corrected chi connectivity index (χ3v) is 3.73. The van der Waals surface area contributed by atoms with Crippen LogP contribution in [0.25, 0.3) is 0 Å². The first-order valence-electron chi connectivity index (χ1n) is 5.91. The summed E-state index contributed by atoms with van der Waals surface area (Å²) in [4.78, 5) is 20.1. The third kappa shape index (κ3) is 1.97. The van der Waals surface area contributed by atoms with E-state index in [9.17, 15) is 4.79 Å². The van der Waals surface area contributed by atoms with Gasteiger partial charge in [0.2, 0.25) is 5.91 Å². The highest BCUT2D eigenvalue weighted by molar-refractivity contribution is 6.29. The molecule has 3 heterocycles. The molecule has 0 bridgehead atoms. The second-order valence-electron chi connectivity index (χ2n) is 4.54. The van der Waals surface area contributed by atoms with Crippen molar-refractivity contribution in [3.8, 4) is 0 Å². The van der Waals surface area contributed by atoms with Crippen LogP contribution in [0.3, 0.4) is 0 Å². The predicted octanol–water partition coefficient (Wildman–Crippen LogP) is 1.55. The van der Waals surface area contributed by atoms with Crippen LogP contribution in [0, 0.1) is 0 Å². The number of amides is 1. The molecule has 0 aromatic carbocycles. The average molecular weight is 252 g/mol. The van der Waals surface area contributed by atoms with Gasteiger partial charge in [0, 0.05) is 32.1 Å². The summed E-state index contributed by atoms with van der Waals surface area (Å²) in [5, 5.41) is 0.521. The molecule has 1 aromatic rings. The molecular formula is C12H14ClN3O. The number of hydrogen-bond acceptors (Lipinski definition) is 3. The zero-order valence-electron chi connectivity index (χ0n) is 9.47. The molecule has 0 saturated carbocycles. The normalized spacial score (nSPS) is 24.1. The number of aromatic nitrogens is 1. The van der Waals surface area contributed by atoms with Crippen molar-refractivity contribution in [1.82, 2.24) is 9.88 Å². The monoisotopic (exact) mass is 251 g/mol. The highest BCUT2D eigenvalue weighted by Gasteiger charge is 2.35. The number of pyridine rings is 1. The van der Waals surface area contributed by atoms with Gasteiger partial charge in [0.05, 0.1) is 0 Å². The van der Waals surface area contributed by atoms with Crippen molar-refractivity contribution in [2.24, 2.45) is 0 Å². The standard InChI is InChI=1S/C12H14ClN3O/c13-10-2-1-3-11(14-10)15-6-7-16-9(8-15)4-5-12(16)17/h1-3,9H,4-8H2. The van der Waals surface area contributed by atoms with E-state index in [-0.39, 0.29) is 0 Å². The van der Waals surface area contributed by atoms with E-state index >= 15 is 0 Å². The zero-order chi connectivity index (χ0) is 11.8.